The molecule has 8 heteroatoms. The number of nitrogens with two attached hydrogens (primary N) is 1. The topological polar surface area (TPSA) is 95.6 Å². The van der Waals surface area contributed by atoms with Gasteiger partial charge in [0.2, 0.25) is 6.79 Å². The van der Waals surface area contributed by atoms with Crippen molar-refractivity contribution in [3.05, 3.63) is 28.4 Å². The highest BCUT2D eigenvalue weighted by Crippen LogP contribution is 2.36. The summed E-state index contributed by atoms with van der Waals surface area (Å²) in [6.45, 7) is 2.70. The van der Waals surface area contributed by atoms with Crippen molar-refractivity contribution in [1.29, 1.82) is 0 Å². The lowest BCUT2D eigenvalue weighted by Gasteiger charge is -2.13. The van der Waals surface area contributed by atoms with E-state index >= 15 is 0 Å². The van der Waals surface area contributed by atoms with Crippen LogP contribution in [0.4, 0.5) is 4.79 Å². The van der Waals surface area contributed by atoms with E-state index in [-0.39, 0.29) is 12.4 Å². The molecule has 7 nitrogen and oxygen atoms in total. The Morgan fingerprint density at radius 1 is 1.36 bits per heavy atom. The zero-order chi connectivity index (χ0) is 15.9. The molecule has 3 N–H and O–H groups in total. The van der Waals surface area contributed by atoms with E-state index in [4.69, 9.17) is 27.4 Å². The van der Waals surface area contributed by atoms with E-state index < -0.39 is 11.9 Å². The number of benzene rings is 1. The number of pyridine rings is 1. The van der Waals surface area contributed by atoms with Gasteiger partial charge in [0.05, 0.1) is 15.6 Å². The van der Waals surface area contributed by atoms with Crippen LogP contribution in [0.3, 0.4) is 0 Å². The van der Waals surface area contributed by atoms with E-state index in [0.29, 0.717) is 27.9 Å². The standard InChI is InChI=1S/C14H13N3O4S/c1-2-17-5-8(13(18)16-14(15)19)12(22)7-3-10-11(4-9(7)17)21-6-20-10/h3-5H,2,6H2,1H3,(H3,15,16,18,19). The van der Waals surface area contributed by atoms with Crippen molar-refractivity contribution in [3.63, 3.8) is 0 Å². The smallest absolute Gasteiger partial charge is 0.319 e. The van der Waals surface area contributed by atoms with Crippen LogP contribution in [0.5, 0.6) is 11.5 Å². The van der Waals surface area contributed by atoms with E-state index in [2.05, 4.69) is 0 Å². The molecule has 1 aromatic carbocycles. The first-order valence-corrected chi connectivity index (χ1v) is 6.99. The Labute approximate surface area is 130 Å². The molecule has 0 saturated carbocycles. The lowest BCUT2D eigenvalue weighted by Crippen LogP contribution is -2.35. The van der Waals surface area contributed by atoms with Gasteiger partial charge in [-0.05, 0) is 13.0 Å². The van der Waals surface area contributed by atoms with Crippen molar-refractivity contribution in [2.45, 2.75) is 13.5 Å². The molecule has 3 rings (SSSR count). The first-order valence-electron chi connectivity index (χ1n) is 6.59. The van der Waals surface area contributed by atoms with E-state index in [0.717, 1.165) is 5.52 Å². The summed E-state index contributed by atoms with van der Waals surface area (Å²) in [5, 5.41) is 2.71. The highest BCUT2D eigenvalue weighted by atomic mass is 32.1. The molecule has 2 heterocycles. The van der Waals surface area contributed by atoms with E-state index in [1.807, 2.05) is 22.9 Å². The van der Waals surface area contributed by atoms with Gasteiger partial charge in [0, 0.05) is 24.2 Å². The van der Waals surface area contributed by atoms with E-state index in [1.54, 1.807) is 12.3 Å². The fraction of sp³-hybridized carbons (Fsp3) is 0.214. The number of carbonyl (C=O) groups is 2. The third-order valence-corrected chi connectivity index (χ3v) is 3.84. The molecule has 3 amide bonds. The van der Waals surface area contributed by atoms with Gasteiger partial charge in [0.1, 0.15) is 0 Å². The van der Waals surface area contributed by atoms with E-state index in [1.165, 1.54) is 0 Å². The summed E-state index contributed by atoms with van der Waals surface area (Å²) in [5.41, 5.74) is 6.03. The SMILES string of the molecule is CCn1cc(C(=O)NC(N)=O)c(=S)c2cc3c(cc21)OCO3. The minimum Gasteiger partial charge on any atom is -0.454 e. The molecule has 0 saturated heterocycles. The van der Waals surface area contributed by atoms with Crippen LogP contribution in [-0.4, -0.2) is 23.3 Å². The molecule has 114 valence electrons. The van der Waals surface area contributed by atoms with Crippen molar-refractivity contribution in [2.75, 3.05) is 6.79 Å². The van der Waals surface area contributed by atoms with Crippen LogP contribution in [0.1, 0.15) is 17.3 Å². The van der Waals surface area contributed by atoms with Crippen molar-refractivity contribution < 1.29 is 19.1 Å². The number of nitrogens with zero attached hydrogens (tertiary/aromatic N) is 1. The van der Waals surface area contributed by atoms with Gasteiger partial charge in [0.25, 0.3) is 5.91 Å². The van der Waals surface area contributed by atoms with Gasteiger partial charge < -0.3 is 19.8 Å². The average Bonchev–Trinajstić information content (AvgIpc) is 2.92. The van der Waals surface area contributed by atoms with E-state index in [9.17, 15) is 9.59 Å². The van der Waals surface area contributed by atoms with Gasteiger partial charge in [-0.3, -0.25) is 10.1 Å². The Morgan fingerprint density at radius 2 is 2.05 bits per heavy atom. The highest BCUT2D eigenvalue weighted by Gasteiger charge is 2.19. The largest absolute Gasteiger partial charge is 0.454 e. The molecule has 2 aromatic rings. The fourth-order valence-corrected chi connectivity index (χ4v) is 2.69. The Kier molecular flexibility index (Phi) is 3.45. The van der Waals surface area contributed by atoms with Crippen LogP contribution in [0, 0.1) is 4.51 Å². The molecule has 1 aliphatic heterocycles. The second-order valence-corrected chi connectivity index (χ2v) is 5.11. The lowest BCUT2D eigenvalue weighted by atomic mass is 10.1. The van der Waals surface area contributed by atoms with Crippen molar-refractivity contribution in [1.82, 2.24) is 9.88 Å². The Bertz CT molecular complexity index is 859. The molecule has 0 radical (unpaired) electrons. The van der Waals surface area contributed by atoms with Crippen LogP contribution in [-0.2, 0) is 6.54 Å². The molecule has 1 aliphatic rings. The predicted octanol–water partition coefficient (Wildman–Crippen LogP) is 1.93. The van der Waals surface area contributed by atoms with Gasteiger partial charge in [0.15, 0.2) is 11.5 Å². The minimum atomic E-state index is -0.923. The summed E-state index contributed by atoms with van der Waals surface area (Å²) in [6.07, 6.45) is 1.60. The number of urea groups is 1. The summed E-state index contributed by atoms with van der Waals surface area (Å²) >= 11 is 5.38. The normalized spacial score (nSPS) is 12.4. The molecule has 0 unspecified atom stereocenters. The van der Waals surface area contributed by atoms with Crippen LogP contribution in [0.25, 0.3) is 10.9 Å². The van der Waals surface area contributed by atoms with Crippen molar-refractivity contribution in [3.8, 4) is 11.5 Å². The summed E-state index contributed by atoms with van der Waals surface area (Å²) in [5.74, 6) is 0.589. The quantitative estimate of drug-likeness (QED) is 0.825. The van der Waals surface area contributed by atoms with Gasteiger partial charge in [-0.1, -0.05) is 12.2 Å². The summed E-state index contributed by atoms with van der Waals surface area (Å²) in [4.78, 5) is 23.0. The first kappa shape index (κ1) is 14.3. The second kappa shape index (κ2) is 5.30. The summed E-state index contributed by atoms with van der Waals surface area (Å²) in [6, 6.07) is 2.65. The third kappa shape index (κ3) is 2.27. The predicted molar refractivity (Wildman–Crippen MR) is 81.6 cm³/mol. The number of ether oxygens (including phenoxy) is 2. The number of fused-ring (bicyclic) bond motifs is 2. The molecule has 0 bridgehead atoms. The Hall–Kier alpha value is -2.61. The number of carbonyl (C=O) groups excluding carboxylic acids is 2. The number of rotatable bonds is 2. The van der Waals surface area contributed by atoms with Crippen LogP contribution in [0.2, 0.25) is 0 Å². The zero-order valence-electron chi connectivity index (χ0n) is 11.7. The number of primary amides is 1. The van der Waals surface area contributed by atoms with Crippen molar-refractivity contribution in [2.24, 2.45) is 5.73 Å². The highest BCUT2D eigenvalue weighted by molar-refractivity contribution is 7.71. The summed E-state index contributed by atoms with van der Waals surface area (Å²) < 4.78 is 12.9. The van der Waals surface area contributed by atoms with Gasteiger partial charge in [-0.2, -0.15) is 0 Å². The van der Waals surface area contributed by atoms with Crippen LogP contribution in [0.15, 0.2) is 18.3 Å². The third-order valence-electron chi connectivity index (χ3n) is 3.40. The van der Waals surface area contributed by atoms with Gasteiger partial charge in [-0.25, -0.2) is 4.79 Å². The molecule has 0 fully saturated rings. The number of aryl methyl sites for hydroxylation is 1. The van der Waals surface area contributed by atoms with Gasteiger partial charge >= 0.3 is 6.03 Å². The number of aromatic nitrogens is 1. The first-order chi connectivity index (χ1) is 10.5. The summed E-state index contributed by atoms with van der Waals surface area (Å²) in [7, 11) is 0. The molecule has 0 atom stereocenters. The van der Waals surface area contributed by atoms with Crippen LogP contribution >= 0.6 is 12.2 Å². The Balaban J connectivity index is 2.26. The second-order valence-electron chi connectivity index (χ2n) is 4.70. The number of imide groups is 1. The maximum Gasteiger partial charge on any atom is 0.319 e. The maximum atomic E-state index is 12.1. The molecule has 1 aromatic heterocycles. The number of hydrogen-bond acceptors (Lipinski definition) is 5. The van der Waals surface area contributed by atoms with Gasteiger partial charge in [-0.15, -0.1) is 0 Å². The molecule has 22 heavy (non-hydrogen) atoms. The zero-order valence-corrected chi connectivity index (χ0v) is 12.5. The minimum absolute atomic E-state index is 0.152. The fourth-order valence-electron chi connectivity index (χ4n) is 2.38. The molecule has 0 aliphatic carbocycles. The number of hydrogen-bond donors (Lipinski definition) is 2. The Morgan fingerprint density at radius 3 is 2.68 bits per heavy atom. The van der Waals surface area contributed by atoms with Crippen LogP contribution < -0.4 is 20.5 Å². The number of nitrogens with one attached hydrogen (secondary N) is 1. The van der Waals surface area contributed by atoms with Crippen molar-refractivity contribution >= 4 is 35.1 Å². The monoisotopic (exact) mass is 319 g/mol. The average molecular weight is 319 g/mol. The molecular weight excluding hydrogens is 306 g/mol. The lowest BCUT2D eigenvalue weighted by molar-refractivity contribution is 0.0965. The maximum absolute atomic E-state index is 12.1. The molecular formula is C14H13N3O4S. The molecule has 0 spiro atoms. The number of amides is 3.